The van der Waals surface area contributed by atoms with Crippen molar-refractivity contribution in [1.82, 2.24) is 9.55 Å². The number of nitrogens with zero attached hydrogens (tertiary/aromatic N) is 3. The second-order valence-electron chi connectivity index (χ2n) is 7.37. The van der Waals surface area contributed by atoms with Crippen molar-refractivity contribution in [2.45, 2.75) is 39.2 Å². The van der Waals surface area contributed by atoms with Crippen molar-refractivity contribution >= 4 is 11.6 Å². The van der Waals surface area contributed by atoms with Crippen molar-refractivity contribution in [3.63, 3.8) is 0 Å². The first-order chi connectivity index (χ1) is 13.6. The van der Waals surface area contributed by atoms with Gasteiger partial charge in [0.15, 0.2) is 5.69 Å². The van der Waals surface area contributed by atoms with E-state index in [1.165, 1.54) is 16.5 Å². The Balaban J connectivity index is 1.79. The monoisotopic (exact) mass is 377 g/mol. The summed E-state index contributed by atoms with van der Waals surface area (Å²) >= 11 is 0. The molecule has 4 nitrogen and oxygen atoms in total. The number of para-hydroxylation sites is 1. The number of hydrogen-bond acceptors (Lipinski definition) is 2. The highest BCUT2D eigenvalue weighted by Crippen LogP contribution is 2.29. The molecule has 1 aliphatic heterocycles. The van der Waals surface area contributed by atoms with Crippen LogP contribution in [0.5, 0.6) is 0 Å². The minimum Gasteiger partial charge on any atom is -0.327 e. The van der Waals surface area contributed by atoms with E-state index in [4.69, 9.17) is 4.98 Å². The standard InChI is InChI=1S/C23H24FN3O/c1-16-11-13-17(14-12-16)22-25-21(20-10-4-3-7-15-27(20)22)23(28)26(2)19-9-6-5-8-18(19)24/h5-6,8-9,11-14H,3-4,7,10,15H2,1-2H3. The molecule has 1 aromatic heterocycles. The van der Waals surface area contributed by atoms with Gasteiger partial charge in [-0.2, -0.15) is 0 Å². The molecule has 0 fully saturated rings. The van der Waals surface area contributed by atoms with Crippen LogP contribution in [0.4, 0.5) is 10.1 Å². The summed E-state index contributed by atoms with van der Waals surface area (Å²) in [5, 5.41) is 0. The highest BCUT2D eigenvalue weighted by Gasteiger charge is 2.27. The molecule has 4 rings (SSSR count). The molecule has 0 radical (unpaired) electrons. The van der Waals surface area contributed by atoms with Gasteiger partial charge in [0.05, 0.1) is 11.4 Å². The molecule has 2 heterocycles. The van der Waals surface area contributed by atoms with Crippen molar-refractivity contribution in [2.75, 3.05) is 11.9 Å². The Hall–Kier alpha value is -2.95. The van der Waals surface area contributed by atoms with E-state index in [1.807, 2.05) is 19.1 Å². The van der Waals surface area contributed by atoms with E-state index in [9.17, 15) is 9.18 Å². The minimum absolute atomic E-state index is 0.264. The largest absolute Gasteiger partial charge is 0.327 e. The molecule has 0 bridgehead atoms. The quantitative estimate of drug-likeness (QED) is 0.644. The number of halogens is 1. The van der Waals surface area contributed by atoms with Crippen LogP contribution in [-0.4, -0.2) is 22.5 Å². The lowest BCUT2D eigenvalue weighted by Crippen LogP contribution is -2.28. The van der Waals surface area contributed by atoms with E-state index in [0.29, 0.717) is 5.69 Å². The summed E-state index contributed by atoms with van der Waals surface area (Å²) in [6.45, 7) is 2.90. The van der Waals surface area contributed by atoms with Crippen LogP contribution in [0, 0.1) is 12.7 Å². The first kappa shape index (κ1) is 18.4. The average Bonchev–Trinajstić information content (AvgIpc) is 2.89. The number of anilines is 1. The lowest BCUT2D eigenvalue weighted by molar-refractivity contribution is 0.0987. The molecule has 1 aliphatic rings. The maximum atomic E-state index is 14.2. The number of amides is 1. The SMILES string of the molecule is Cc1ccc(-c2nc(C(=O)N(C)c3ccccc3F)c3n2CCCCC3)cc1. The third-order valence-corrected chi connectivity index (χ3v) is 5.40. The first-order valence-corrected chi connectivity index (χ1v) is 9.75. The fraction of sp³-hybridized carbons (Fsp3) is 0.304. The zero-order valence-corrected chi connectivity index (χ0v) is 16.3. The van der Waals surface area contributed by atoms with Crippen molar-refractivity contribution in [3.8, 4) is 11.4 Å². The van der Waals surface area contributed by atoms with Gasteiger partial charge < -0.3 is 9.47 Å². The molecule has 5 heteroatoms. The topological polar surface area (TPSA) is 38.1 Å². The second kappa shape index (κ2) is 7.58. The molecule has 3 aromatic rings. The number of carbonyl (C=O) groups excluding carboxylic acids is 1. The fourth-order valence-corrected chi connectivity index (χ4v) is 3.81. The molecule has 2 aromatic carbocycles. The summed E-state index contributed by atoms with van der Waals surface area (Å²) in [7, 11) is 1.61. The summed E-state index contributed by atoms with van der Waals surface area (Å²) in [5.74, 6) is 0.138. The fourth-order valence-electron chi connectivity index (χ4n) is 3.81. The predicted molar refractivity (Wildman–Crippen MR) is 109 cm³/mol. The number of imidazole rings is 1. The van der Waals surface area contributed by atoms with Crippen molar-refractivity contribution in [2.24, 2.45) is 0 Å². The summed E-state index contributed by atoms with van der Waals surface area (Å²) in [6.07, 6.45) is 4.04. The van der Waals surface area contributed by atoms with E-state index >= 15 is 0 Å². The number of fused-ring (bicyclic) bond motifs is 1. The molecule has 0 saturated heterocycles. The number of aromatic nitrogens is 2. The molecule has 0 unspecified atom stereocenters. The first-order valence-electron chi connectivity index (χ1n) is 9.75. The maximum Gasteiger partial charge on any atom is 0.278 e. The molecule has 0 atom stereocenters. The van der Waals surface area contributed by atoms with Gasteiger partial charge in [-0.15, -0.1) is 0 Å². The van der Waals surface area contributed by atoms with Crippen LogP contribution >= 0.6 is 0 Å². The van der Waals surface area contributed by atoms with Crippen LogP contribution in [0.2, 0.25) is 0 Å². The van der Waals surface area contributed by atoms with Crippen LogP contribution in [-0.2, 0) is 13.0 Å². The third kappa shape index (κ3) is 3.33. The normalized spacial score (nSPS) is 13.7. The minimum atomic E-state index is -0.414. The molecular weight excluding hydrogens is 353 g/mol. The van der Waals surface area contributed by atoms with Gasteiger partial charge in [0.25, 0.3) is 5.91 Å². The van der Waals surface area contributed by atoms with Gasteiger partial charge in [-0.25, -0.2) is 9.37 Å². The van der Waals surface area contributed by atoms with Gasteiger partial charge in [0.2, 0.25) is 0 Å². The van der Waals surface area contributed by atoms with Crippen molar-refractivity contribution in [1.29, 1.82) is 0 Å². The van der Waals surface area contributed by atoms with Crippen molar-refractivity contribution in [3.05, 3.63) is 71.3 Å². The smallest absolute Gasteiger partial charge is 0.278 e. The molecule has 0 saturated carbocycles. The van der Waals surface area contributed by atoms with Gasteiger partial charge in [0.1, 0.15) is 11.6 Å². The molecule has 1 amide bonds. The Kier molecular flexibility index (Phi) is 4.99. The van der Waals surface area contributed by atoms with Crippen LogP contribution in [0.1, 0.15) is 41.0 Å². The van der Waals surface area contributed by atoms with Gasteiger partial charge >= 0.3 is 0 Å². The molecule has 144 valence electrons. The van der Waals surface area contributed by atoms with Gasteiger partial charge in [0, 0.05) is 19.2 Å². The zero-order valence-electron chi connectivity index (χ0n) is 16.3. The van der Waals surface area contributed by atoms with Gasteiger partial charge in [-0.1, -0.05) is 48.4 Å². The van der Waals surface area contributed by atoms with E-state index in [1.54, 1.807) is 25.2 Å². The Morgan fingerprint density at radius 3 is 2.57 bits per heavy atom. The lowest BCUT2D eigenvalue weighted by Gasteiger charge is -2.17. The maximum absolute atomic E-state index is 14.2. The van der Waals surface area contributed by atoms with Crippen LogP contribution in [0.25, 0.3) is 11.4 Å². The third-order valence-electron chi connectivity index (χ3n) is 5.40. The van der Waals surface area contributed by atoms with E-state index in [2.05, 4.69) is 16.7 Å². The zero-order chi connectivity index (χ0) is 19.7. The van der Waals surface area contributed by atoms with Crippen LogP contribution in [0.3, 0.4) is 0 Å². The molecule has 0 spiro atoms. The van der Waals surface area contributed by atoms with Crippen molar-refractivity contribution < 1.29 is 9.18 Å². The average molecular weight is 377 g/mol. The summed E-state index contributed by atoms with van der Waals surface area (Å²) in [6, 6.07) is 14.5. The summed E-state index contributed by atoms with van der Waals surface area (Å²) in [5.41, 5.74) is 3.84. The Labute approximate surface area is 164 Å². The van der Waals surface area contributed by atoms with E-state index in [-0.39, 0.29) is 11.6 Å². The molecule has 28 heavy (non-hydrogen) atoms. The highest BCUT2D eigenvalue weighted by atomic mass is 19.1. The Morgan fingerprint density at radius 1 is 1.07 bits per heavy atom. The summed E-state index contributed by atoms with van der Waals surface area (Å²) < 4.78 is 16.4. The highest BCUT2D eigenvalue weighted by molar-refractivity contribution is 6.05. The molecular formula is C23H24FN3O. The van der Waals surface area contributed by atoms with Gasteiger partial charge in [-0.05, 0) is 38.3 Å². The van der Waals surface area contributed by atoms with E-state index in [0.717, 1.165) is 49.3 Å². The summed E-state index contributed by atoms with van der Waals surface area (Å²) in [4.78, 5) is 19.4. The second-order valence-corrected chi connectivity index (χ2v) is 7.37. The number of rotatable bonds is 3. The van der Waals surface area contributed by atoms with Crippen LogP contribution < -0.4 is 4.90 Å². The van der Waals surface area contributed by atoms with Gasteiger partial charge in [-0.3, -0.25) is 4.79 Å². The number of benzene rings is 2. The molecule has 0 aliphatic carbocycles. The lowest BCUT2D eigenvalue weighted by atomic mass is 10.1. The van der Waals surface area contributed by atoms with E-state index < -0.39 is 5.82 Å². The molecule has 0 N–H and O–H groups in total. The predicted octanol–water partition coefficient (Wildman–Crippen LogP) is 5.00. The Bertz CT molecular complexity index is 1010. The Morgan fingerprint density at radius 2 is 1.82 bits per heavy atom. The van der Waals surface area contributed by atoms with Crippen LogP contribution in [0.15, 0.2) is 48.5 Å². The number of hydrogen-bond donors (Lipinski definition) is 0. The number of aryl methyl sites for hydroxylation is 1. The number of carbonyl (C=O) groups is 1.